The molecule has 17 heavy (non-hydrogen) atoms. The highest BCUT2D eigenvalue weighted by atomic mass is 79.9. The van der Waals surface area contributed by atoms with E-state index in [0.717, 1.165) is 11.1 Å². The zero-order chi connectivity index (χ0) is 11.8. The van der Waals surface area contributed by atoms with Gasteiger partial charge in [0.2, 0.25) is 0 Å². The van der Waals surface area contributed by atoms with Gasteiger partial charge in [-0.15, -0.1) is 11.3 Å². The van der Waals surface area contributed by atoms with Crippen molar-refractivity contribution >= 4 is 37.4 Å². The predicted molar refractivity (Wildman–Crippen MR) is 74.3 cm³/mol. The van der Waals surface area contributed by atoms with Gasteiger partial charge in [-0.05, 0) is 44.4 Å². The van der Waals surface area contributed by atoms with Crippen LogP contribution in [0.3, 0.4) is 0 Å². The van der Waals surface area contributed by atoms with Crippen LogP contribution in [-0.4, -0.2) is 0 Å². The van der Waals surface area contributed by atoms with Crippen LogP contribution in [0.1, 0.15) is 17.2 Å². The Morgan fingerprint density at radius 1 is 1.18 bits per heavy atom. The Labute approximate surface area is 111 Å². The molecule has 1 aromatic carbocycles. The minimum Gasteiger partial charge on any atom is -0.457 e. The predicted octanol–water partition coefficient (Wildman–Crippen LogP) is 4.30. The van der Waals surface area contributed by atoms with E-state index in [1.54, 1.807) is 17.6 Å². The molecule has 0 aliphatic carbocycles. The minimum absolute atomic E-state index is 0.162. The van der Waals surface area contributed by atoms with Gasteiger partial charge in [-0.3, -0.25) is 0 Å². The summed E-state index contributed by atoms with van der Waals surface area (Å²) in [5, 5.41) is 3.33. The largest absolute Gasteiger partial charge is 0.457 e. The number of fused-ring (bicyclic) bond motifs is 1. The molecule has 0 aliphatic rings. The van der Waals surface area contributed by atoms with Crippen molar-refractivity contribution < 1.29 is 4.42 Å². The molecule has 0 saturated heterocycles. The normalized spacial score (nSPS) is 13.1. The second-order valence-electron chi connectivity index (χ2n) is 3.81. The molecule has 2 N–H and O–H groups in total. The first-order valence-corrected chi connectivity index (χ1v) is 6.89. The Morgan fingerprint density at radius 3 is 2.82 bits per heavy atom. The second-order valence-corrected chi connectivity index (χ2v) is 5.45. The van der Waals surface area contributed by atoms with Gasteiger partial charge in [-0.25, -0.2) is 0 Å². The summed E-state index contributed by atoms with van der Waals surface area (Å²) in [6.07, 6.45) is 1.65. The molecule has 3 aromatic rings. The van der Waals surface area contributed by atoms with E-state index in [-0.39, 0.29) is 6.04 Å². The fraction of sp³-hybridized carbons (Fsp3) is 0.0769. The van der Waals surface area contributed by atoms with Crippen molar-refractivity contribution in [3.05, 3.63) is 57.8 Å². The van der Waals surface area contributed by atoms with Crippen LogP contribution in [0.4, 0.5) is 0 Å². The van der Waals surface area contributed by atoms with Gasteiger partial charge in [-0.1, -0.05) is 18.2 Å². The van der Waals surface area contributed by atoms with Crippen molar-refractivity contribution in [1.29, 1.82) is 0 Å². The fourth-order valence-electron chi connectivity index (χ4n) is 1.96. The monoisotopic (exact) mass is 307 g/mol. The lowest BCUT2D eigenvalue weighted by atomic mass is 10.0. The number of hydrogen-bond donors (Lipinski definition) is 1. The van der Waals surface area contributed by atoms with E-state index in [2.05, 4.69) is 39.5 Å². The van der Waals surface area contributed by atoms with Crippen molar-refractivity contribution in [3.8, 4) is 0 Å². The van der Waals surface area contributed by atoms with Crippen LogP contribution in [0.15, 0.2) is 51.1 Å². The summed E-state index contributed by atoms with van der Waals surface area (Å²) in [5.41, 5.74) is 8.42. The molecule has 86 valence electrons. The first kappa shape index (κ1) is 11.0. The van der Waals surface area contributed by atoms with Crippen LogP contribution < -0.4 is 5.73 Å². The topological polar surface area (TPSA) is 39.2 Å². The highest BCUT2D eigenvalue weighted by molar-refractivity contribution is 9.10. The zero-order valence-electron chi connectivity index (χ0n) is 8.89. The third-order valence-corrected chi connectivity index (χ3v) is 4.45. The summed E-state index contributed by atoms with van der Waals surface area (Å²) in [6.45, 7) is 0. The SMILES string of the molecule is NC(c1ccoc1Br)c1cccc2ccsc12. The Hall–Kier alpha value is -1.10. The maximum Gasteiger partial charge on any atom is 0.174 e. The van der Waals surface area contributed by atoms with Crippen LogP contribution in [0.25, 0.3) is 10.1 Å². The van der Waals surface area contributed by atoms with Gasteiger partial charge in [0.1, 0.15) is 0 Å². The lowest BCUT2D eigenvalue weighted by Crippen LogP contribution is -2.11. The molecule has 0 radical (unpaired) electrons. The molecule has 0 fully saturated rings. The summed E-state index contributed by atoms with van der Waals surface area (Å²) in [5.74, 6) is 0. The van der Waals surface area contributed by atoms with E-state index < -0.39 is 0 Å². The molecule has 2 nitrogen and oxygen atoms in total. The molecule has 0 amide bonds. The number of thiophene rings is 1. The number of rotatable bonds is 2. The fourth-order valence-corrected chi connectivity index (χ4v) is 3.40. The van der Waals surface area contributed by atoms with Crippen molar-refractivity contribution in [3.63, 3.8) is 0 Å². The quantitative estimate of drug-likeness (QED) is 0.766. The highest BCUT2D eigenvalue weighted by Crippen LogP contribution is 2.33. The zero-order valence-corrected chi connectivity index (χ0v) is 11.3. The van der Waals surface area contributed by atoms with E-state index in [1.807, 2.05) is 12.1 Å². The smallest absolute Gasteiger partial charge is 0.174 e. The van der Waals surface area contributed by atoms with Crippen LogP contribution in [-0.2, 0) is 0 Å². The van der Waals surface area contributed by atoms with Gasteiger partial charge >= 0.3 is 0 Å². The molecule has 2 heterocycles. The maximum absolute atomic E-state index is 6.30. The molecule has 0 bridgehead atoms. The maximum atomic E-state index is 6.30. The highest BCUT2D eigenvalue weighted by Gasteiger charge is 2.17. The first-order chi connectivity index (χ1) is 8.27. The summed E-state index contributed by atoms with van der Waals surface area (Å²) in [6, 6.07) is 10.1. The number of hydrogen-bond acceptors (Lipinski definition) is 3. The number of furan rings is 1. The molecule has 1 unspecified atom stereocenters. The number of benzene rings is 1. The van der Waals surface area contributed by atoms with Crippen molar-refractivity contribution in [2.45, 2.75) is 6.04 Å². The van der Waals surface area contributed by atoms with Gasteiger partial charge in [-0.2, -0.15) is 0 Å². The van der Waals surface area contributed by atoms with E-state index >= 15 is 0 Å². The number of halogens is 1. The van der Waals surface area contributed by atoms with Gasteiger partial charge in [0.05, 0.1) is 12.3 Å². The summed E-state index contributed by atoms with van der Waals surface area (Å²) in [7, 11) is 0. The molecule has 4 heteroatoms. The van der Waals surface area contributed by atoms with Crippen LogP contribution in [0.2, 0.25) is 0 Å². The van der Waals surface area contributed by atoms with E-state index in [9.17, 15) is 0 Å². The summed E-state index contributed by atoms with van der Waals surface area (Å²) in [4.78, 5) is 0. The molecule has 0 aliphatic heterocycles. The van der Waals surface area contributed by atoms with Crippen LogP contribution in [0.5, 0.6) is 0 Å². The van der Waals surface area contributed by atoms with Crippen molar-refractivity contribution in [2.75, 3.05) is 0 Å². The third-order valence-electron chi connectivity index (χ3n) is 2.83. The second kappa shape index (κ2) is 4.29. The van der Waals surface area contributed by atoms with Crippen LogP contribution in [0, 0.1) is 0 Å². The Bertz CT molecular complexity index is 658. The Kier molecular flexibility index (Phi) is 2.78. The van der Waals surface area contributed by atoms with Gasteiger partial charge < -0.3 is 10.2 Å². The van der Waals surface area contributed by atoms with Crippen molar-refractivity contribution in [1.82, 2.24) is 0 Å². The third kappa shape index (κ3) is 1.82. The molecule has 2 aromatic heterocycles. The lowest BCUT2D eigenvalue weighted by Gasteiger charge is -2.11. The van der Waals surface area contributed by atoms with E-state index in [4.69, 9.17) is 10.2 Å². The average Bonchev–Trinajstić information content (AvgIpc) is 2.95. The van der Waals surface area contributed by atoms with Gasteiger partial charge in [0, 0.05) is 10.3 Å². The summed E-state index contributed by atoms with van der Waals surface area (Å²) < 4.78 is 7.19. The molecular formula is C13H10BrNOS. The first-order valence-electron chi connectivity index (χ1n) is 5.22. The van der Waals surface area contributed by atoms with Crippen molar-refractivity contribution in [2.24, 2.45) is 5.73 Å². The minimum atomic E-state index is -0.162. The standard InChI is InChI=1S/C13H10BrNOS/c14-13-10(4-6-16-13)11(15)9-3-1-2-8-5-7-17-12(8)9/h1-7,11H,15H2. The molecule has 0 saturated carbocycles. The van der Waals surface area contributed by atoms with Crippen LogP contribution >= 0.6 is 27.3 Å². The Morgan fingerprint density at radius 2 is 2.06 bits per heavy atom. The molecule has 0 spiro atoms. The van der Waals surface area contributed by atoms with Gasteiger partial charge in [0.15, 0.2) is 4.67 Å². The Balaban J connectivity index is 2.15. The molecule has 1 atom stereocenters. The molecular weight excluding hydrogens is 298 g/mol. The van der Waals surface area contributed by atoms with E-state index in [0.29, 0.717) is 4.67 Å². The van der Waals surface area contributed by atoms with Gasteiger partial charge in [0.25, 0.3) is 0 Å². The lowest BCUT2D eigenvalue weighted by molar-refractivity contribution is 0.535. The average molecular weight is 308 g/mol. The number of nitrogens with two attached hydrogens (primary N) is 1. The summed E-state index contributed by atoms with van der Waals surface area (Å²) >= 11 is 5.10. The van der Waals surface area contributed by atoms with E-state index in [1.165, 1.54) is 10.1 Å². The molecule has 3 rings (SSSR count).